The molecular weight excluding hydrogens is 360 g/mol. The second-order valence-electron chi connectivity index (χ2n) is 9.15. The number of benzene rings is 1. The molecule has 1 aromatic carbocycles. The molecule has 2 aliphatic carbocycles. The first-order valence-corrected chi connectivity index (χ1v) is 11.6. The lowest BCUT2D eigenvalue weighted by molar-refractivity contribution is -0.121. The number of aromatic nitrogens is 3. The first-order chi connectivity index (χ1) is 14.2. The fraction of sp³-hybridized carbons (Fsp3) is 0.625. The van der Waals surface area contributed by atoms with Crippen LogP contribution in [0.25, 0.3) is 11.4 Å². The Morgan fingerprint density at radius 1 is 1.07 bits per heavy atom. The normalized spacial score (nSPS) is 25.5. The molecule has 3 aliphatic rings. The zero-order valence-electron chi connectivity index (χ0n) is 17.5. The summed E-state index contributed by atoms with van der Waals surface area (Å²) in [6.07, 6.45) is 12.4. The van der Waals surface area contributed by atoms with Gasteiger partial charge in [0, 0.05) is 23.9 Å². The highest BCUT2D eigenvalue weighted by atomic mass is 16.2. The van der Waals surface area contributed by atoms with E-state index in [0.717, 1.165) is 30.2 Å². The van der Waals surface area contributed by atoms with Crippen LogP contribution < -0.4 is 4.90 Å². The Bertz CT molecular complexity index is 868. The maximum atomic E-state index is 13.3. The lowest BCUT2D eigenvalue weighted by Gasteiger charge is -2.55. The van der Waals surface area contributed by atoms with Crippen molar-refractivity contribution in [3.05, 3.63) is 30.3 Å². The predicted molar refractivity (Wildman–Crippen MR) is 115 cm³/mol. The molecule has 0 radical (unpaired) electrons. The predicted octanol–water partition coefficient (Wildman–Crippen LogP) is 5.31. The average Bonchev–Trinajstić information content (AvgIpc) is 3.22. The molecule has 5 nitrogen and oxygen atoms in total. The van der Waals surface area contributed by atoms with Gasteiger partial charge in [0.2, 0.25) is 11.9 Å². The van der Waals surface area contributed by atoms with Gasteiger partial charge in [-0.2, -0.15) is 4.98 Å². The number of carbonyl (C=O) groups is 1. The van der Waals surface area contributed by atoms with E-state index in [-0.39, 0.29) is 11.4 Å². The number of hydrogen-bond acceptors (Lipinski definition) is 3. The standard InChI is InChI=1S/C24H32N4O/c1-2-11-21(29)27-20-15-8-7-14-19(20)24(16-9-4-10-17-24)28-23(27)25-22(26-28)18-12-5-3-6-13-18/h3,5-6,12-13,19-20H,2,4,7-11,14-17H2,1H3/t19-,20+/m1/s1. The molecule has 1 amide bonds. The van der Waals surface area contributed by atoms with Crippen LogP contribution in [0.3, 0.4) is 0 Å². The van der Waals surface area contributed by atoms with Crippen molar-refractivity contribution in [2.45, 2.75) is 89.1 Å². The molecule has 1 spiro atoms. The molecule has 154 valence electrons. The van der Waals surface area contributed by atoms with Crippen LogP contribution in [-0.2, 0) is 10.3 Å². The first kappa shape index (κ1) is 18.8. The minimum atomic E-state index is 0.0433. The molecule has 2 saturated carbocycles. The van der Waals surface area contributed by atoms with Crippen LogP contribution in [0.5, 0.6) is 0 Å². The Kier molecular flexibility index (Phi) is 4.92. The van der Waals surface area contributed by atoms with Gasteiger partial charge < -0.3 is 0 Å². The molecule has 5 rings (SSSR count). The second kappa shape index (κ2) is 7.58. The lowest BCUT2D eigenvalue weighted by Crippen LogP contribution is -2.61. The largest absolute Gasteiger partial charge is 0.277 e. The van der Waals surface area contributed by atoms with E-state index < -0.39 is 0 Å². The lowest BCUT2D eigenvalue weighted by atomic mass is 9.64. The van der Waals surface area contributed by atoms with Crippen LogP contribution in [0, 0.1) is 5.92 Å². The van der Waals surface area contributed by atoms with E-state index >= 15 is 0 Å². The molecule has 0 N–H and O–H groups in total. The number of anilines is 1. The fourth-order valence-electron chi connectivity index (χ4n) is 6.20. The zero-order valence-corrected chi connectivity index (χ0v) is 17.5. The summed E-state index contributed by atoms with van der Waals surface area (Å²) in [7, 11) is 0. The topological polar surface area (TPSA) is 51.0 Å². The Balaban J connectivity index is 1.68. The van der Waals surface area contributed by atoms with E-state index in [1.165, 1.54) is 51.4 Å². The highest BCUT2D eigenvalue weighted by Gasteiger charge is 2.54. The van der Waals surface area contributed by atoms with Crippen LogP contribution in [0.1, 0.15) is 77.6 Å². The van der Waals surface area contributed by atoms with Gasteiger partial charge in [-0.05, 0) is 32.1 Å². The van der Waals surface area contributed by atoms with Gasteiger partial charge in [-0.15, -0.1) is 5.10 Å². The van der Waals surface area contributed by atoms with Crippen LogP contribution in [0.2, 0.25) is 0 Å². The summed E-state index contributed by atoms with van der Waals surface area (Å²) >= 11 is 0. The quantitative estimate of drug-likeness (QED) is 0.711. The van der Waals surface area contributed by atoms with Gasteiger partial charge in [0.1, 0.15) is 0 Å². The summed E-state index contributed by atoms with van der Waals surface area (Å²) in [6, 6.07) is 10.5. The summed E-state index contributed by atoms with van der Waals surface area (Å²) < 4.78 is 2.22. The summed E-state index contributed by atoms with van der Waals surface area (Å²) in [5, 5.41) is 5.09. The summed E-state index contributed by atoms with van der Waals surface area (Å²) in [5.41, 5.74) is 1.08. The number of nitrogens with zero attached hydrogens (tertiary/aromatic N) is 4. The van der Waals surface area contributed by atoms with Crippen molar-refractivity contribution in [3.63, 3.8) is 0 Å². The van der Waals surface area contributed by atoms with E-state index in [4.69, 9.17) is 10.1 Å². The Morgan fingerprint density at radius 2 is 1.83 bits per heavy atom. The third kappa shape index (κ3) is 3.01. The molecule has 0 unspecified atom stereocenters. The van der Waals surface area contributed by atoms with Crippen molar-refractivity contribution in [1.82, 2.24) is 14.8 Å². The smallest absolute Gasteiger partial charge is 0.231 e. The van der Waals surface area contributed by atoms with Gasteiger partial charge in [-0.3, -0.25) is 9.69 Å². The average molecular weight is 393 g/mol. The number of fused-ring (bicyclic) bond motifs is 4. The molecule has 2 fully saturated rings. The van der Waals surface area contributed by atoms with E-state index in [9.17, 15) is 4.79 Å². The van der Waals surface area contributed by atoms with Gasteiger partial charge in [0.15, 0.2) is 5.82 Å². The number of rotatable bonds is 3. The van der Waals surface area contributed by atoms with Gasteiger partial charge in [0.25, 0.3) is 0 Å². The van der Waals surface area contributed by atoms with Crippen molar-refractivity contribution >= 4 is 11.9 Å². The van der Waals surface area contributed by atoms with E-state index in [1.807, 2.05) is 18.2 Å². The number of carbonyl (C=O) groups excluding carboxylic acids is 1. The minimum absolute atomic E-state index is 0.0433. The molecule has 1 aromatic heterocycles. The van der Waals surface area contributed by atoms with Gasteiger partial charge in [-0.25, -0.2) is 4.68 Å². The highest BCUT2D eigenvalue weighted by molar-refractivity contribution is 5.93. The maximum absolute atomic E-state index is 13.3. The molecular formula is C24H32N4O. The molecule has 0 saturated heterocycles. The van der Waals surface area contributed by atoms with Crippen LogP contribution in [0.15, 0.2) is 30.3 Å². The second-order valence-corrected chi connectivity index (χ2v) is 9.15. The fourth-order valence-corrected chi connectivity index (χ4v) is 6.20. The SMILES string of the molecule is CCCC(=O)N1c2nc(-c3ccccc3)nn2C2(CCCCC2)[C@@H]2CCCC[C@@H]21. The molecule has 5 heteroatoms. The number of amides is 1. The van der Waals surface area contributed by atoms with Crippen molar-refractivity contribution in [1.29, 1.82) is 0 Å². The molecule has 2 aromatic rings. The molecule has 29 heavy (non-hydrogen) atoms. The third-order valence-corrected chi connectivity index (χ3v) is 7.46. The van der Waals surface area contributed by atoms with Gasteiger partial charge in [-0.1, -0.05) is 69.4 Å². The highest BCUT2D eigenvalue weighted by Crippen LogP contribution is 2.53. The molecule has 1 aliphatic heterocycles. The summed E-state index contributed by atoms with van der Waals surface area (Å²) in [5.74, 6) is 2.31. The van der Waals surface area contributed by atoms with E-state index in [1.54, 1.807) is 0 Å². The molecule has 0 bridgehead atoms. The molecule has 2 heterocycles. The Hall–Kier alpha value is -2.17. The van der Waals surface area contributed by atoms with Crippen LogP contribution >= 0.6 is 0 Å². The van der Waals surface area contributed by atoms with Crippen molar-refractivity contribution in [3.8, 4) is 11.4 Å². The van der Waals surface area contributed by atoms with Gasteiger partial charge in [0.05, 0.1) is 5.54 Å². The third-order valence-electron chi connectivity index (χ3n) is 7.46. The molecule has 2 atom stereocenters. The monoisotopic (exact) mass is 392 g/mol. The van der Waals surface area contributed by atoms with Crippen LogP contribution in [-0.4, -0.2) is 26.7 Å². The summed E-state index contributed by atoms with van der Waals surface area (Å²) in [4.78, 5) is 20.3. The minimum Gasteiger partial charge on any atom is -0.277 e. The Morgan fingerprint density at radius 3 is 2.59 bits per heavy atom. The van der Waals surface area contributed by atoms with E-state index in [0.29, 0.717) is 18.4 Å². The van der Waals surface area contributed by atoms with Crippen molar-refractivity contribution in [2.75, 3.05) is 4.90 Å². The van der Waals surface area contributed by atoms with Crippen LogP contribution in [0.4, 0.5) is 5.95 Å². The van der Waals surface area contributed by atoms with Crippen molar-refractivity contribution < 1.29 is 4.79 Å². The number of hydrogen-bond donors (Lipinski definition) is 0. The first-order valence-electron chi connectivity index (χ1n) is 11.6. The summed E-state index contributed by atoms with van der Waals surface area (Å²) in [6.45, 7) is 2.09. The zero-order chi connectivity index (χ0) is 19.8. The van der Waals surface area contributed by atoms with Gasteiger partial charge >= 0.3 is 0 Å². The van der Waals surface area contributed by atoms with Crippen molar-refractivity contribution in [2.24, 2.45) is 5.92 Å². The maximum Gasteiger partial charge on any atom is 0.231 e. The van der Waals surface area contributed by atoms with E-state index in [2.05, 4.69) is 28.6 Å². The Labute approximate surface area is 173 Å².